The first-order valence-electron chi connectivity index (χ1n) is 7.05. The second kappa shape index (κ2) is 5.40. The van der Waals surface area contributed by atoms with Gasteiger partial charge < -0.3 is 5.11 Å². The van der Waals surface area contributed by atoms with E-state index in [2.05, 4.69) is 33.8 Å². The van der Waals surface area contributed by atoms with Crippen molar-refractivity contribution in [3.63, 3.8) is 0 Å². The van der Waals surface area contributed by atoms with Crippen LogP contribution < -0.4 is 0 Å². The lowest BCUT2D eigenvalue weighted by molar-refractivity contribution is -0.337. The largest absolute Gasteiger partial charge is 0.393 e. The predicted molar refractivity (Wildman–Crippen MR) is 75.2 cm³/mol. The molecule has 0 aromatic rings. The Hall–Kier alpha value is -0.630. The molecule has 1 N–H and O–H groups in total. The molecule has 0 radical (unpaired) electrons. The summed E-state index contributed by atoms with van der Waals surface area (Å²) >= 11 is 0. The molecule has 0 amide bonds. The lowest BCUT2D eigenvalue weighted by Crippen LogP contribution is -2.63. The summed E-state index contributed by atoms with van der Waals surface area (Å²) in [5.41, 5.74) is -0.803. The molecule has 0 spiro atoms. The molecule has 0 saturated carbocycles. The second-order valence-electron chi connectivity index (χ2n) is 7.49. The highest BCUT2D eigenvalue weighted by molar-refractivity contribution is 4.97. The summed E-state index contributed by atoms with van der Waals surface area (Å²) in [5, 5.41) is 20.8. The number of aliphatic hydroxyl groups is 1. The molecule has 0 bridgehead atoms. The maximum absolute atomic E-state index is 10.0. The van der Waals surface area contributed by atoms with Gasteiger partial charge >= 0.3 is 0 Å². The van der Waals surface area contributed by atoms with Gasteiger partial charge in [0.25, 0.3) is 0 Å². The van der Waals surface area contributed by atoms with Gasteiger partial charge in [0.05, 0.1) is 17.8 Å². The minimum atomic E-state index is -0.368. The van der Waals surface area contributed by atoms with E-state index in [4.69, 9.17) is 10.1 Å². The zero-order chi connectivity index (χ0) is 14.9. The van der Waals surface area contributed by atoms with Gasteiger partial charge in [-0.1, -0.05) is 0 Å². The Morgan fingerprint density at radius 1 is 1.26 bits per heavy atom. The molecule has 1 aliphatic heterocycles. The summed E-state index contributed by atoms with van der Waals surface area (Å²) in [6.45, 7) is 12.4. The van der Waals surface area contributed by atoms with Crippen molar-refractivity contribution in [3.05, 3.63) is 0 Å². The van der Waals surface area contributed by atoms with Gasteiger partial charge in [0, 0.05) is 17.5 Å². The molecule has 1 heterocycles. The number of hydrogen-bond acceptors (Lipinski definition) is 4. The van der Waals surface area contributed by atoms with Crippen LogP contribution in [0.2, 0.25) is 0 Å². The first kappa shape index (κ1) is 16.4. The maximum Gasteiger partial charge on any atom is 0.0854 e. The van der Waals surface area contributed by atoms with Crippen molar-refractivity contribution in [2.24, 2.45) is 0 Å². The van der Waals surface area contributed by atoms with E-state index in [0.717, 1.165) is 0 Å². The molecule has 19 heavy (non-hydrogen) atoms. The fraction of sp³-hybridized carbons (Fsp3) is 0.933. The third-order valence-electron chi connectivity index (χ3n) is 3.75. The van der Waals surface area contributed by atoms with Crippen LogP contribution in [-0.4, -0.2) is 33.0 Å². The van der Waals surface area contributed by atoms with Crippen LogP contribution in [0.15, 0.2) is 0 Å². The van der Waals surface area contributed by atoms with Crippen molar-refractivity contribution in [3.8, 4) is 6.07 Å². The highest BCUT2D eigenvalue weighted by Crippen LogP contribution is 2.40. The first-order chi connectivity index (χ1) is 8.50. The van der Waals surface area contributed by atoms with Crippen LogP contribution in [-0.2, 0) is 4.84 Å². The Balaban J connectivity index is 2.87. The van der Waals surface area contributed by atoms with E-state index in [-0.39, 0.29) is 22.8 Å². The molecule has 1 fully saturated rings. The van der Waals surface area contributed by atoms with Crippen molar-refractivity contribution in [2.75, 3.05) is 0 Å². The number of aliphatic hydroxyl groups excluding tert-OH is 1. The van der Waals surface area contributed by atoms with E-state index in [9.17, 15) is 5.11 Å². The third kappa shape index (κ3) is 4.17. The summed E-state index contributed by atoms with van der Waals surface area (Å²) < 4.78 is 0. The average Bonchev–Trinajstić information content (AvgIpc) is 2.19. The summed E-state index contributed by atoms with van der Waals surface area (Å²) in [6.07, 6.45) is 2.31. The van der Waals surface area contributed by atoms with Crippen molar-refractivity contribution < 1.29 is 9.94 Å². The number of rotatable bonds is 4. The number of nitriles is 1. The average molecular weight is 268 g/mol. The molecule has 0 aromatic heterocycles. The Morgan fingerprint density at radius 3 is 2.16 bits per heavy atom. The molecule has 110 valence electrons. The van der Waals surface area contributed by atoms with Gasteiger partial charge in [-0.25, -0.2) is 0 Å². The zero-order valence-electron chi connectivity index (χ0n) is 13.2. The number of hydroxylamine groups is 2. The van der Waals surface area contributed by atoms with Crippen molar-refractivity contribution >= 4 is 0 Å². The van der Waals surface area contributed by atoms with Crippen LogP contribution in [0.1, 0.15) is 67.2 Å². The first-order valence-corrected chi connectivity index (χ1v) is 7.05. The molecule has 1 saturated heterocycles. The van der Waals surface area contributed by atoms with Gasteiger partial charge in [-0.15, -0.1) is 0 Å². The number of piperidine rings is 1. The summed E-state index contributed by atoms with van der Waals surface area (Å²) in [4.78, 5) is 6.23. The van der Waals surface area contributed by atoms with Gasteiger partial charge in [0.2, 0.25) is 0 Å². The minimum Gasteiger partial charge on any atom is -0.393 e. The standard InChI is InChI=1S/C15H28N2O2/c1-13(2)10-12(18)11-14(3,4)17(13)19-15(5,6)8-7-9-16/h12,18H,7-8,10-11H2,1-6H3. The van der Waals surface area contributed by atoms with Gasteiger partial charge in [0.1, 0.15) is 0 Å². The Morgan fingerprint density at radius 2 is 1.74 bits per heavy atom. The van der Waals surface area contributed by atoms with E-state index in [1.807, 2.05) is 18.9 Å². The Labute approximate surface area is 117 Å². The maximum atomic E-state index is 10.0. The second-order valence-corrected chi connectivity index (χ2v) is 7.49. The van der Waals surface area contributed by atoms with Gasteiger partial charge in [-0.3, -0.25) is 4.84 Å². The molecule has 0 atom stereocenters. The topological polar surface area (TPSA) is 56.5 Å². The highest BCUT2D eigenvalue weighted by atomic mass is 16.7. The van der Waals surface area contributed by atoms with Crippen molar-refractivity contribution in [2.45, 2.75) is 90.0 Å². The lowest BCUT2D eigenvalue weighted by Gasteiger charge is -2.55. The number of hydrogen-bond donors (Lipinski definition) is 1. The number of nitrogens with zero attached hydrogens (tertiary/aromatic N) is 2. The van der Waals surface area contributed by atoms with Gasteiger partial charge in [-0.2, -0.15) is 10.3 Å². The fourth-order valence-electron chi connectivity index (χ4n) is 3.11. The molecule has 4 heteroatoms. The molecule has 4 nitrogen and oxygen atoms in total. The van der Waals surface area contributed by atoms with Crippen LogP contribution in [0.3, 0.4) is 0 Å². The van der Waals surface area contributed by atoms with Crippen LogP contribution in [0.25, 0.3) is 0 Å². The van der Waals surface area contributed by atoms with Crippen LogP contribution in [0, 0.1) is 11.3 Å². The SMILES string of the molecule is CC(C)(CCC#N)ON1C(C)(C)CC(O)CC1(C)C. The minimum absolute atomic E-state index is 0.217. The molecular formula is C15H28N2O2. The Bertz CT molecular complexity index is 338. The monoisotopic (exact) mass is 268 g/mol. The molecule has 1 rings (SSSR count). The summed E-state index contributed by atoms with van der Waals surface area (Å²) in [5.74, 6) is 0. The predicted octanol–water partition coefficient (Wildman–Crippen LogP) is 3.01. The highest BCUT2D eigenvalue weighted by Gasteiger charge is 2.47. The van der Waals surface area contributed by atoms with Gasteiger partial charge in [0.15, 0.2) is 0 Å². The van der Waals surface area contributed by atoms with E-state index in [1.54, 1.807) is 0 Å². The van der Waals surface area contributed by atoms with Gasteiger partial charge in [-0.05, 0) is 60.8 Å². The smallest absolute Gasteiger partial charge is 0.0854 e. The summed E-state index contributed by atoms with van der Waals surface area (Å²) in [7, 11) is 0. The molecule has 1 aliphatic rings. The van der Waals surface area contributed by atoms with Crippen molar-refractivity contribution in [1.29, 1.82) is 5.26 Å². The molecule has 0 unspecified atom stereocenters. The van der Waals surface area contributed by atoms with E-state index in [0.29, 0.717) is 25.7 Å². The molecule has 0 aromatic carbocycles. The third-order valence-corrected chi connectivity index (χ3v) is 3.75. The fourth-order valence-corrected chi connectivity index (χ4v) is 3.11. The van der Waals surface area contributed by atoms with Crippen LogP contribution in [0.4, 0.5) is 0 Å². The van der Waals surface area contributed by atoms with Crippen LogP contribution in [0.5, 0.6) is 0 Å². The van der Waals surface area contributed by atoms with E-state index >= 15 is 0 Å². The quantitative estimate of drug-likeness (QED) is 0.851. The lowest BCUT2D eigenvalue weighted by atomic mass is 9.80. The zero-order valence-corrected chi connectivity index (χ0v) is 13.2. The van der Waals surface area contributed by atoms with E-state index < -0.39 is 0 Å². The molecule has 0 aliphatic carbocycles. The van der Waals surface area contributed by atoms with Crippen LogP contribution >= 0.6 is 0 Å². The normalized spacial score (nSPS) is 24.1. The summed E-state index contributed by atoms with van der Waals surface area (Å²) in [6, 6.07) is 2.17. The van der Waals surface area contributed by atoms with Crippen molar-refractivity contribution in [1.82, 2.24) is 5.06 Å². The molecular weight excluding hydrogens is 240 g/mol. The van der Waals surface area contributed by atoms with E-state index in [1.165, 1.54) is 0 Å². The Kier molecular flexibility index (Phi) is 4.66.